The van der Waals surface area contributed by atoms with Gasteiger partial charge in [0.05, 0.1) is 7.11 Å². The molecular weight excluding hydrogens is 248 g/mol. The molecule has 0 aliphatic heterocycles. The van der Waals surface area contributed by atoms with Gasteiger partial charge in [-0.1, -0.05) is 25.1 Å². The largest absolute Gasteiger partial charge is 0.479 e. The quantitative estimate of drug-likeness (QED) is 0.762. The van der Waals surface area contributed by atoms with Gasteiger partial charge in [-0.2, -0.15) is 0 Å². The van der Waals surface area contributed by atoms with E-state index in [4.69, 9.17) is 5.11 Å². The average Bonchev–Trinajstić information content (AvgIpc) is 2.42. The van der Waals surface area contributed by atoms with Crippen LogP contribution in [0, 0.1) is 0 Å². The number of aliphatic hydroxyl groups is 1. The van der Waals surface area contributed by atoms with Crippen molar-refractivity contribution >= 4 is 11.9 Å². The van der Waals surface area contributed by atoms with Crippen LogP contribution in [0.15, 0.2) is 18.2 Å². The van der Waals surface area contributed by atoms with E-state index in [2.05, 4.69) is 4.74 Å². The lowest BCUT2D eigenvalue weighted by Gasteiger charge is -2.15. The van der Waals surface area contributed by atoms with Crippen LogP contribution >= 0.6 is 0 Å². The van der Waals surface area contributed by atoms with Crippen LogP contribution in [0.25, 0.3) is 0 Å². The summed E-state index contributed by atoms with van der Waals surface area (Å²) in [6.07, 6.45) is -0.239. The first-order valence-corrected chi connectivity index (χ1v) is 6.09. The number of esters is 1. The molecule has 0 saturated heterocycles. The number of methoxy groups -OCH3 is 1. The predicted octanol–water partition coefficient (Wildman–Crippen LogP) is 1.47. The van der Waals surface area contributed by atoms with E-state index in [9.17, 15) is 14.7 Å². The van der Waals surface area contributed by atoms with Crippen LogP contribution in [0.3, 0.4) is 0 Å². The van der Waals surface area contributed by atoms with Gasteiger partial charge in [-0.3, -0.25) is 4.79 Å². The molecule has 0 aliphatic rings. The summed E-state index contributed by atoms with van der Waals surface area (Å²) in [5, 5.41) is 18.5. The number of aryl methyl sites for hydroxylation is 1. The lowest BCUT2D eigenvalue weighted by Crippen LogP contribution is -2.14. The van der Waals surface area contributed by atoms with E-state index < -0.39 is 12.1 Å². The number of carboxylic acid groups (broad SMARTS) is 1. The van der Waals surface area contributed by atoms with Gasteiger partial charge in [0.1, 0.15) is 0 Å². The summed E-state index contributed by atoms with van der Waals surface area (Å²) >= 11 is 0. The molecule has 2 N–H and O–H groups in total. The van der Waals surface area contributed by atoms with Crippen molar-refractivity contribution in [3.63, 3.8) is 0 Å². The molecule has 0 aliphatic carbocycles. The number of hydrogen-bond donors (Lipinski definition) is 2. The van der Waals surface area contributed by atoms with Crippen LogP contribution in [-0.4, -0.2) is 29.3 Å². The number of carboxylic acids is 1. The Morgan fingerprint density at radius 2 is 2.05 bits per heavy atom. The number of carbonyl (C=O) groups is 2. The Morgan fingerprint density at radius 1 is 1.37 bits per heavy atom. The minimum Gasteiger partial charge on any atom is -0.479 e. The lowest BCUT2D eigenvalue weighted by molar-refractivity contribution is -0.147. The van der Waals surface area contributed by atoms with Crippen molar-refractivity contribution in [1.29, 1.82) is 0 Å². The number of carbonyl (C=O) groups excluding carboxylic acids is 1. The summed E-state index contributed by atoms with van der Waals surface area (Å²) in [6.45, 7) is 1.88. The Labute approximate surface area is 111 Å². The van der Waals surface area contributed by atoms with Crippen molar-refractivity contribution in [2.75, 3.05) is 7.11 Å². The predicted molar refractivity (Wildman–Crippen MR) is 68.8 cm³/mol. The van der Waals surface area contributed by atoms with E-state index in [1.165, 1.54) is 7.11 Å². The number of hydrogen-bond acceptors (Lipinski definition) is 4. The minimum atomic E-state index is -1.53. The van der Waals surface area contributed by atoms with Crippen LogP contribution in [0.2, 0.25) is 0 Å². The van der Waals surface area contributed by atoms with Crippen molar-refractivity contribution in [3.05, 3.63) is 34.9 Å². The summed E-state index contributed by atoms with van der Waals surface area (Å²) < 4.78 is 4.58. The first kappa shape index (κ1) is 15.2. The van der Waals surface area contributed by atoms with Gasteiger partial charge < -0.3 is 14.9 Å². The molecule has 1 atom stereocenters. The van der Waals surface area contributed by atoms with Crippen LogP contribution in [0.4, 0.5) is 0 Å². The molecule has 5 heteroatoms. The molecule has 19 heavy (non-hydrogen) atoms. The number of aliphatic hydroxyl groups excluding tert-OH is 1. The van der Waals surface area contributed by atoms with E-state index in [0.29, 0.717) is 18.4 Å². The summed E-state index contributed by atoms with van der Waals surface area (Å²) in [5.74, 6) is -1.59. The minimum absolute atomic E-state index is 0.232. The van der Waals surface area contributed by atoms with Crippen LogP contribution in [-0.2, 0) is 27.2 Å². The maximum Gasteiger partial charge on any atom is 0.337 e. The van der Waals surface area contributed by atoms with Crippen LogP contribution in [0.5, 0.6) is 0 Å². The van der Waals surface area contributed by atoms with E-state index >= 15 is 0 Å². The summed E-state index contributed by atoms with van der Waals surface area (Å²) in [4.78, 5) is 22.0. The number of ether oxygens (including phenoxy) is 1. The third-order valence-electron chi connectivity index (χ3n) is 3.02. The van der Waals surface area contributed by atoms with Gasteiger partial charge in [0.2, 0.25) is 0 Å². The maximum atomic E-state index is 11.1. The van der Waals surface area contributed by atoms with Gasteiger partial charge in [0.15, 0.2) is 6.10 Å². The zero-order valence-electron chi connectivity index (χ0n) is 11.0. The first-order chi connectivity index (χ1) is 9.01. The smallest absolute Gasteiger partial charge is 0.337 e. The van der Waals surface area contributed by atoms with Crippen LogP contribution in [0.1, 0.15) is 36.1 Å². The van der Waals surface area contributed by atoms with E-state index in [1.54, 1.807) is 12.1 Å². The molecule has 0 amide bonds. The number of aliphatic carboxylic acids is 1. The van der Waals surface area contributed by atoms with Crippen LogP contribution < -0.4 is 0 Å². The second kappa shape index (κ2) is 6.89. The van der Waals surface area contributed by atoms with Crippen molar-refractivity contribution in [2.24, 2.45) is 0 Å². The fourth-order valence-electron chi connectivity index (χ4n) is 2.05. The third-order valence-corrected chi connectivity index (χ3v) is 3.02. The van der Waals surface area contributed by atoms with E-state index in [1.807, 2.05) is 13.0 Å². The SMILES string of the molecule is CCc1c(CCC(=O)OC)cccc1C(O)C(=O)O. The van der Waals surface area contributed by atoms with Gasteiger partial charge >= 0.3 is 11.9 Å². The molecule has 0 spiro atoms. The fourth-order valence-corrected chi connectivity index (χ4v) is 2.05. The van der Waals surface area contributed by atoms with Gasteiger partial charge in [-0.15, -0.1) is 0 Å². The van der Waals surface area contributed by atoms with Crippen molar-refractivity contribution in [3.8, 4) is 0 Å². The van der Waals surface area contributed by atoms with Gasteiger partial charge in [0.25, 0.3) is 0 Å². The second-order valence-electron chi connectivity index (χ2n) is 4.16. The average molecular weight is 266 g/mol. The number of benzene rings is 1. The van der Waals surface area contributed by atoms with Crippen molar-refractivity contribution in [2.45, 2.75) is 32.3 Å². The van der Waals surface area contributed by atoms with Gasteiger partial charge in [-0.25, -0.2) is 4.79 Å². The highest BCUT2D eigenvalue weighted by molar-refractivity contribution is 5.75. The Bertz CT molecular complexity index is 467. The fraction of sp³-hybridized carbons (Fsp3) is 0.429. The Hall–Kier alpha value is -1.88. The molecule has 0 heterocycles. The molecule has 0 bridgehead atoms. The van der Waals surface area contributed by atoms with Crippen molar-refractivity contribution in [1.82, 2.24) is 0 Å². The summed E-state index contributed by atoms with van der Waals surface area (Å²) in [6, 6.07) is 5.12. The first-order valence-electron chi connectivity index (χ1n) is 6.09. The molecule has 1 unspecified atom stereocenters. The molecule has 0 aromatic heterocycles. The third kappa shape index (κ3) is 3.79. The van der Waals surface area contributed by atoms with E-state index in [0.717, 1.165) is 11.1 Å². The normalized spacial score (nSPS) is 11.9. The molecule has 0 saturated carbocycles. The van der Waals surface area contributed by atoms with Crippen molar-refractivity contribution < 1.29 is 24.5 Å². The molecule has 0 radical (unpaired) electrons. The maximum absolute atomic E-state index is 11.1. The molecule has 1 rings (SSSR count). The zero-order chi connectivity index (χ0) is 14.4. The Balaban J connectivity index is 3.02. The Kier molecular flexibility index (Phi) is 5.51. The molecule has 104 valence electrons. The molecule has 0 fully saturated rings. The highest BCUT2D eigenvalue weighted by atomic mass is 16.5. The lowest BCUT2D eigenvalue weighted by atomic mass is 9.93. The Morgan fingerprint density at radius 3 is 2.58 bits per heavy atom. The topological polar surface area (TPSA) is 83.8 Å². The molecular formula is C14H18O5. The monoisotopic (exact) mass is 266 g/mol. The zero-order valence-corrected chi connectivity index (χ0v) is 11.0. The highest BCUT2D eigenvalue weighted by Crippen LogP contribution is 2.23. The highest BCUT2D eigenvalue weighted by Gasteiger charge is 2.20. The molecule has 1 aromatic carbocycles. The molecule has 5 nitrogen and oxygen atoms in total. The summed E-state index contributed by atoms with van der Waals surface area (Å²) in [5.41, 5.74) is 2.03. The van der Waals surface area contributed by atoms with E-state index in [-0.39, 0.29) is 12.4 Å². The van der Waals surface area contributed by atoms with Gasteiger partial charge in [0, 0.05) is 6.42 Å². The van der Waals surface area contributed by atoms with Gasteiger partial charge in [-0.05, 0) is 29.5 Å². The number of rotatable bonds is 6. The second-order valence-corrected chi connectivity index (χ2v) is 4.16. The molecule has 1 aromatic rings. The standard InChI is InChI=1S/C14H18O5/c1-3-10-9(7-8-12(15)19-2)5-4-6-11(10)13(16)14(17)18/h4-6,13,16H,3,7-8H2,1-2H3,(H,17,18). The summed E-state index contributed by atoms with van der Waals surface area (Å²) in [7, 11) is 1.33.